The minimum Gasteiger partial charge on any atom is -0.456 e. The van der Waals surface area contributed by atoms with Crippen LogP contribution in [-0.4, -0.2) is 66.0 Å². The molecule has 0 atom stereocenters. The van der Waals surface area contributed by atoms with E-state index in [0.717, 1.165) is 67.9 Å². The van der Waals surface area contributed by atoms with E-state index in [1.54, 1.807) is 0 Å². The minimum absolute atomic E-state index is 0.187. The Labute approximate surface area is 267 Å². The van der Waals surface area contributed by atoms with Gasteiger partial charge < -0.3 is 19.4 Å². The Bertz CT molecular complexity index is 1520. The van der Waals surface area contributed by atoms with Gasteiger partial charge in [-0.3, -0.25) is 9.63 Å². The molecule has 0 radical (unpaired) electrons. The number of likely N-dealkylation sites (tertiary alicyclic amines) is 1. The van der Waals surface area contributed by atoms with Gasteiger partial charge in [-0.2, -0.15) is 5.06 Å². The fourth-order valence-electron chi connectivity index (χ4n) is 6.95. The molecule has 238 valence electrons. The van der Waals surface area contributed by atoms with Crippen LogP contribution in [0.4, 0.5) is 11.4 Å². The van der Waals surface area contributed by atoms with E-state index in [0.29, 0.717) is 18.8 Å². The number of carbonyl (C=O) groups is 2. The molecule has 2 saturated heterocycles. The number of benzene rings is 3. The molecule has 3 aromatic carbocycles. The monoisotopic (exact) mass is 610 g/mol. The molecule has 0 bridgehead atoms. The summed E-state index contributed by atoms with van der Waals surface area (Å²) in [4.78, 5) is 40.0. The lowest BCUT2D eigenvalue weighted by Crippen LogP contribution is -2.53. The maximum Gasteiger partial charge on any atom is 0.338 e. The average Bonchev–Trinajstić information content (AvgIpc) is 3.45. The first-order chi connectivity index (χ1) is 21.5. The van der Waals surface area contributed by atoms with Crippen molar-refractivity contribution in [2.75, 3.05) is 42.6 Å². The molecule has 6 rings (SSSR count). The molecule has 0 aliphatic carbocycles. The zero-order valence-corrected chi connectivity index (χ0v) is 27.3. The maximum absolute atomic E-state index is 13.2. The van der Waals surface area contributed by atoms with Crippen molar-refractivity contribution in [3.05, 3.63) is 95.6 Å². The number of ether oxygens (including phenoxy) is 1. The Morgan fingerprint density at radius 1 is 0.889 bits per heavy atom. The van der Waals surface area contributed by atoms with Crippen LogP contribution in [0.3, 0.4) is 0 Å². The second-order valence-corrected chi connectivity index (χ2v) is 14.0. The van der Waals surface area contributed by atoms with E-state index in [4.69, 9.17) is 9.57 Å². The number of esters is 1. The molecule has 0 aromatic heterocycles. The predicted octanol–water partition coefficient (Wildman–Crippen LogP) is 6.36. The molecular formula is C37H46N4O4. The summed E-state index contributed by atoms with van der Waals surface area (Å²) in [5.41, 5.74) is 3.24. The van der Waals surface area contributed by atoms with Crippen LogP contribution in [0.2, 0.25) is 0 Å². The number of hydroxylamine groups is 2. The highest BCUT2D eigenvalue weighted by Crippen LogP contribution is 2.42. The SMILES string of the molecule is CC(C)(C)OC(=O)c1ccccc1CN1CN(c2ccccc2)C2(CCN(CCCN3C(=O)C(C)(C)c4ccccc43)CC2)O1. The number of amides is 1. The lowest BCUT2D eigenvalue weighted by atomic mass is 9.86. The zero-order chi connectivity index (χ0) is 31.8. The molecular weight excluding hydrogens is 564 g/mol. The van der Waals surface area contributed by atoms with Crippen LogP contribution in [0.1, 0.15) is 75.4 Å². The van der Waals surface area contributed by atoms with Gasteiger partial charge in [0.2, 0.25) is 5.91 Å². The van der Waals surface area contributed by atoms with Gasteiger partial charge in [0.05, 0.1) is 24.2 Å². The summed E-state index contributed by atoms with van der Waals surface area (Å²) < 4.78 is 5.70. The van der Waals surface area contributed by atoms with Gasteiger partial charge in [0.1, 0.15) is 5.60 Å². The summed E-state index contributed by atoms with van der Waals surface area (Å²) in [7, 11) is 0. The normalized spacial score (nSPS) is 19.7. The molecule has 0 unspecified atom stereocenters. The van der Waals surface area contributed by atoms with Crippen LogP contribution in [0.5, 0.6) is 0 Å². The Balaban J connectivity index is 1.11. The van der Waals surface area contributed by atoms with Crippen LogP contribution in [0, 0.1) is 0 Å². The van der Waals surface area contributed by atoms with E-state index in [1.807, 2.05) is 87.0 Å². The molecule has 3 aliphatic heterocycles. The van der Waals surface area contributed by atoms with Crippen molar-refractivity contribution < 1.29 is 19.2 Å². The van der Waals surface area contributed by atoms with Crippen molar-refractivity contribution >= 4 is 23.3 Å². The van der Waals surface area contributed by atoms with Gasteiger partial charge in [0.15, 0.2) is 5.72 Å². The van der Waals surface area contributed by atoms with Crippen molar-refractivity contribution in [3.8, 4) is 0 Å². The molecule has 1 amide bonds. The lowest BCUT2D eigenvalue weighted by molar-refractivity contribution is -0.212. The van der Waals surface area contributed by atoms with Crippen LogP contribution >= 0.6 is 0 Å². The summed E-state index contributed by atoms with van der Waals surface area (Å²) in [5, 5.41) is 1.99. The fraction of sp³-hybridized carbons (Fsp3) is 0.459. The molecule has 1 spiro atoms. The fourth-order valence-corrected chi connectivity index (χ4v) is 6.95. The van der Waals surface area contributed by atoms with Gasteiger partial charge in [0, 0.05) is 43.9 Å². The number of carbonyl (C=O) groups excluding carboxylic acids is 2. The van der Waals surface area contributed by atoms with Crippen molar-refractivity contribution in [1.82, 2.24) is 9.96 Å². The maximum atomic E-state index is 13.2. The van der Waals surface area contributed by atoms with E-state index < -0.39 is 16.7 Å². The number of rotatable bonds is 8. The second-order valence-electron chi connectivity index (χ2n) is 14.0. The van der Waals surface area contributed by atoms with Gasteiger partial charge in [-0.15, -0.1) is 0 Å². The largest absolute Gasteiger partial charge is 0.456 e. The van der Waals surface area contributed by atoms with E-state index in [9.17, 15) is 9.59 Å². The van der Waals surface area contributed by atoms with Gasteiger partial charge in [-0.05, 0) is 83.0 Å². The molecule has 3 aliphatic rings. The third kappa shape index (κ3) is 6.37. The number of fused-ring (bicyclic) bond motifs is 1. The molecule has 0 saturated carbocycles. The molecule has 45 heavy (non-hydrogen) atoms. The van der Waals surface area contributed by atoms with Gasteiger partial charge in [-0.1, -0.05) is 54.6 Å². The van der Waals surface area contributed by atoms with Gasteiger partial charge in [-0.25, -0.2) is 4.79 Å². The standard InChI is InChI=1S/C37H46N4O4/c1-35(2,3)44-33(42)30-17-10-9-14-28(30)26-39-27-41(29-15-7-6-8-16-29)37(45-39)20-24-38(25-21-37)22-13-23-40-32-19-12-11-18-31(32)36(4,5)34(40)43/h6-12,14-19H,13,20-27H2,1-5H3. The smallest absolute Gasteiger partial charge is 0.338 e. The quantitative estimate of drug-likeness (QED) is 0.275. The van der Waals surface area contributed by atoms with Crippen molar-refractivity contribution in [3.63, 3.8) is 0 Å². The number of hydrogen-bond acceptors (Lipinski definition) is 7. The third-order valence-corrected chi connectivity index (χ3v) is 9.28. The van der Waals surface area contributed by atoms with E-state index >= 15 is 0 Å². The highest BCUT2D eigenvalue weighted by atomic mass is 16.7. The predicted molar refractivity (Wildman–Crippen MR) is 177 cm³/mol. The first kappa shape index (κ1) is 31.3. The Kier molecular flexibility index (Phi) is 8.50. The number of para-hydroxylation sites is 2. The summed E-state index contributed by atoms with van der Waals surface area (Å²) >= 11 is 0. The molecule has 3 heterocycles. The number of piperidine rings is 1. The number of anilines is 2. The second kappa shape index (κ2) is 12.2. The summed E-state index contributed by atoms with van der Waals surface area (Å²) in [6.45, 7) is 14.2. The molecule has 2 fully saturated rings. The van der Waals surface area contributed by atoms with Gasteiger partial charge >= 0.3 is 5.97 Å². The molecule has 3 aromatic rings. The van der Waals surface area contributed by atoms with Crippen molar-refractivity contribution in [2.24, 2.45) is 0 Å². The average molecular weight is 611 g/mol. The first-order valence-corrected chi connectivity index (χ1v) is 16.2. The first-order valence-electron chi connectivity index (χ1n) is 16.2. The molecule has 8 heteroatoms. The van der Waals surface area contributed by atoms with E-state index in [1.165, 1.54) is 0 Å². The Morgan fingerprint density at radius 2 is 1.56 bits per heavy atom. The zero-order valence-electron chi connectivity index (χ0n) is 27.3. The van der Waals surface area contributed by atoms with Crippen molar-refractivity contribution in [1.29, 1.82) is 0 Å². The Hall–Kier alpha value is -3.72. The number of hydrogen-bond donors (Lipinski definition) is 0. The molecule has 8 nitrogen and oxygen atoms in total. The lowest BCUT2D eigenvalue weighted by Gasteiger charge is -2.43. The topological polar surface area (TPSA) is 65.6 Å². The summed E-state index contributed by atoms with van der Waals surface area (Å²) in [6.07, 6.45) is 2.62. The van der Waals surface area contributed by atoms with E-state index in [-0.39, 0.29) is 11.9 Å². The Morgan fingerprint density at radius 3 is 2.29 bits per heavy atom. The third-order valence-electron chi connectivity index (χ3n) is 9.28. The van der Waals surface area contributed by atoms with Crippen LogP contribution in [0.25, 0.3) is 0 Å². The highest BCUT2D eigenvalue weighted by Gasteiger charge is 2.49. The van der Waals surface area contributed by atoms with Crippen molar-refractivity contribution in [2.45, 2.75) is 77.2 Å². The van der Waals surface area contributed by atoms with Gasteiger partial charge in [0.25, 0.3) is 0 Å². The van der Waals surface area contributed by atoms with Crippen LogP contribution < -0.4 is 9.80 Å². The highest BCUT2D eigenvalue weighted by molar-refractivity contribution is 6.07. The molecule has 0 N–H and O–H groups in total. The minimum atomic E-state index is -0.568. The van der Waals surface area contributed by atoms with E-state index in [2.05, 4.69) is 46.2 Å². The van der Waals surface area contributed by atoms with Crippen LogP contribution in [-0.2, 0) is 26.3 Å². The number of nitrogens with zero attached hydrogens (tertiary/aromatic N) is 4. The summed E-state index contributed by atoms with van der Waals surface area (Å²) in [6, 6.07) is 26.3. The summed E-state index contributed by atoms with van der Waals surface area (Å²) in [5.74, 6) is -0.129. The van der Waals surface area contributed by atoms with Crippen LogP contribution in [0.15, 0.2) is 78.9 Å².